The van der Waals surface area contributed by atoms with Crippen molar-refractivity contribution in [1.82, 2.24) is 5.32 Å². The van der Waals surface area contributed by atoms with E-state index in [-0.39, 0.29) is 11.7 Å². The van der Waals surface area contributed by atoms with E-state index in [9.17, 15) is 13.9 Å². The van der Waals surface area contributed by atoms with Crippen molar-refractivity contribution in [2.45, 2.75) is 33.1 Å². The molecule has 0 aliphatic carbocycles. The van der Waals surface area contributed by atoms with Gasteiger partial charge in [-0.3, -0.25) is 0 Å². The lowest BCUT2D eigenvalue weighted by atomic mass is 10.1. The molecule has 3 nitrogen and oxygen atoms in total. The molecule has 1 rings (SSSR count). The van der Waals surface area contributed by atoms with Crippen LogP contribution in [0.5, 0.6) is 5.75 Å². The predicted octanol–water partition coefficient (Wildman–Crippen LogP) is 3.16. The second kappa shape index (κ2) is 7.77. The zero-order chi connectivity index (χ0) is 14.4. The van der Waals surface area contributed by atoms with E-state index in [4.69, 9.17) is 0 Å². The Balaban J connectivity index is 2.63. The van der Waals surface area contributed by atoms with Crippen molar-refractivity contribution in [1.29, 1.82) is 0 Å². The highest BCUT2D eigenvalue weighted by Gasteiger charge is 2.12. The lowest BCUT2D eigenvalue weighted by Gasteiger charge is -2.16. The number of hydrogen-bond donors (Lipinski definition) is 2. The van der Waals surface area contributed by atoms with Gasteiger partial charge >= 0.3 is 6.61 Å². The maximum Gasteiger partial charge on any atom is 0.387 e. The van der Waals surface area contributed by atoms with E-state index in [2.05, 4.69) is 26.0 Å². The first-order valence-corrected chi connectivity index (χ1v) is 6.81. The molecule has 1 atom stereocenters. The van der Waals surface area contributed by atoms with Crippen molar-refractivity contribution in [2.75, 3.05) is 6.54 Å². The summed E-state index contributed by atoms with van der Waals surface area (Å²) < 4.78 is 29.8. The van der Waals surface area contributed by atoms with Gasteiger partial charge in [-0.05, 0) is 24.1 Å². The molecule has 0 heterocycles. The normalized spacial score (nSPS) is 13.1. The monoisotopic (exact) mass is 337 g/mol. The minimum Gasteiger partial charge on any atom is -0.434 e. The summed E-state index contributed by atoms with van der Waals surface area (Å²) in [5, 5.41) is 12.7. The largest absolute Gasteiger partial charge is 0.434 e. The molecule has 0 amide bonds. The van der Waals surface area contributed by atoms with Gasteiger partial charge in [0.25, 0.3) is 0 Å². The lowest BCUT2D eigenvalue weighted by Crippen LogP contribution is -2.30. The third-order valence-electron chi connectivity index (χ3n) is 2.68. The van der Waals surface area contributed by atoms with Crippen molar-refractivity contribution in [3.8, 4) is 5.75 Å². The van der Waals surface area contributed by atoms with Crippen molar-refractivity contribution in [3.63, 3.8) is 0 Å². The Morgan fingerprint density at radius 3 is 2.63 bits per heavy atom. The van der Waals surface area contributed by atoms with Crippen LogP contribution in [-0.4, -0.2) is 24.4 Å². The quantitative estimate of drug-likeness (QED) is 0.803. The van der Waals surface area contributed by atoms with Crippen LogP contribution in [0.1, 0.15) is 19.4 Å². The number of benzene rings is 1. The maximum absolute atomic E-state index is 12.3. The van der Waals surface area contributed by atoms with Crippen LogP contribution in [0.15, 0.2) is 22.7 Å². The van der Waals surface area contributed by atoms with Crippen molar-refractivity contribution < 1.29 is 18.6 Å². The number of hydrogen-bond acceptors (Lipinski definition) is 3. The smallest absolute Gasteiger partial charge is 0.387 e. The second-order valence-corrected chi connectivity index (χ2v) is 5.49. The van der Waals surface area contributed by atoms with Crippen molar-refractivity contribution >= 4 is 15.9 Å². The van der Waals surface area contributed by atoms with Gasteiger partial charge in [-0.1, -0.05) is 29.8 Å². The van der Waals surface area contributed by atoms with Crippen LogP contribution in [0.3, 0.4) is 0 Å². The molecule has 2 N–H and O–H groups in total. The molecule has 0 fully saturated rings. The molecule has 1 aromatic rings. The minimum atomic E-state index is -2.85. The molecule has 1 aromatic carbocycles. The summed E-state index contributed by atoms with van der Waals surface area (Å²) in [6.45, 7) is 1.73. The molecule has 0 spiro atoms. The Morgan fingerprint density at radius 2 is 2.05 bits per heavy atom. The molecule has 0 radical (unpaired) electrons. The molecule has 1 unspecified atom stereocenters. The van der Waals surface area contributed by atoms with Gasteiger partial charge in [-0.2, -0.15) is 8.78 Å². The SMILES string of the molecule is CC(C)C(O)CNCc1cc(Br)ccc1OC(F)F. The number of halogens is 3. The summed E-state index contributed by atoms with van der Waals surface area (Å²) in [4.78, 5) is 0. The second-order valence-electron chi connectivity index (χ2n) is 4.57. The van der Waals surface area contributed by atoms with Crippen LogP contribution in [0.25, 0.3) is 0 Å². The van der Waals surface area contributed by atoms with E-state index in [0.29, 0.717) is 18.7 Å². The lowest BCUT2D eigenvalue weighted by molar-refractivity contribution is -0.0505. The molecule has 19 heavy (non-hydrogen) atoms. The average Bonchev–Trinajstić information content (AvgIpc) is 2.31. The Bertz CT molecular complexity index is 402. The van der Waals surface area contributed by atoms with E-state index < -0.39 is 12.7 Å². The average molecular weight is 338 g/mol. The standard InChI is InChI=1S/C13H18BrF2NO2/c1-8(2)11(18)7-17-6-9-5-10(14)3-4-12(9)19-13(15)16/h3-5,8,11,13,17-18H,6-7H2,1-2H3. The summed E-state index contributed by atoms with van der Waals surface area (Å²) in [6.07, 6.45) is -0.466. The molecule has 6 heteroatoms. The van der Waals surface area contributed by atoms with Crippen LogP contribution >= 0.6 is 15.9 Å². The third kappa shape index (κ3) is 5.84. The van der Waals surface area contributed by atoms with Crippen LogP contribution < -0.4 is 10.1 Å². The van der Waals surface area contributed by atoms with Gasteiger partial charge in [-0.25, -0.2) is 0 Å². The van der Waals surface area contributed by atoms with Gasteiger partial charge in [-0.15, -0.1) is 0 Å². The Kier molecular flexibility index (Phi) is 6.68. The summed E-state index contributed by atoms with van der Waals surface area (Å²) in [5.41, 5.74) is 0.616. The predicted molar refractivity (Wildman–Crippen MR) is 73.3 cm³/mol. The van der Waals surface area contributed by atoms with E-state index >= 15 is 0 Å². The number of aliphatic hydroxyl groups is 1. The first-order valence-electron chi connectivity index (χ1n) is 6.02. The number of nitrogens with one attached hydrogen (secondary N) is 1. The van der Waals surface area contributed by atoms with Crippen LogP contribution in [-0.2, 0) is 6.54 Å². The van der Waals surface area contributed by atoms with E-state index in [1.165, 1.54) is 6.07 Å². The summed E-state index contributed by atoms with van der Waals surface area (Å²) in [5.74, 6) is 0.288. The Labute approximate surface area is 120 Å². The zero-order valence-corrected chi connectivity index (χ0v) is 12.5. The van der Waals surface area contributed by atoms with Gasteiger partial charge in [0.05, 0.1) is 6.10 Å². The topological polar surface area (TPSA) is 41.5 Å². The third-order valence-corrected chi connectivity index (χ3v) is 3.17. The number of aliphatic hydroxyl groups excluding tert-OH is 1. The van der Waals surface area contributed by atoms with Crippen molar-refractivity contribution in [2.24, 2.45) is 5.92 Å². The molecule has 0 aromatic heterocycles. The molecule has 0 aliphatic rings. The van der Waals surface area contributed by atoms with E-state index in [1.807, 2.05) is 13.8 Å². The molecular weight excluding hydrogens is 320 g/mol. The molecule has 0 bridgehead atoms. The fraction of sp³-hybridized carbons (Fsp3) is 0.538. The zero-order valence-electron chi connectivity index (χ0n) is 10.9. The summed E-state index contributed by atoms with van der Waals surface area (Å²) in [7, 11) is 0. The van der Waals surface area contributed by atoms with E-state index in [0.717, 1.165) is 4.47 Å². The van der Waals surface area contributed by atoms with Gasteiger partial charge in [0, 0.05) is 23.1 Å². The van der Waals surface area contributed by atoms with E-state index in [1.54, 1.807) is 12.1 Å². The highest BCUT2D eigenvalue weighted by Crippen LogP contribution is 2.24. The Hall–Kier alpha value is -0.720. The first-order chi connectivity index (χ1) is 8.90. The fourth-order valence-electron chi connectivity index (χ4n) is 1.49. The molecule has 0 saturated heterocycles. The summed E-state index contributed by atoms with van der Waals surface area (Å²) >= 11 is 3.29. The van der Waals surface area contributed by atoms with Gasteiger partial charge < -0.3 is 15.2 Å². The van der Waals surface area contributed by atoms with Crippen LogP contribution in [0.2, 0.25) is 0 Å². The maximum atomic E-state index is 12.3. The van der Waals surface area contributed by atoms with Gasteiger partial charge in [0.2, 0.25) is 0 Å². The Morgan fingerprint density at radius 1 is 1.37 bits per heavy atom. The highest BCUT2D eigenvalue weighted by atomic mass is 79.9. The van der Waals surface area contributed by atoms with Crippen LogP contribution in [0.4, 0.5) is 8.78 Å². The molecule has 108 valence electrons. The van der Waals surface area contributed by atoms with Gasteiger partial charge in [0.15, 0.2) is 0 Å². The molecule has 0 aliphatic heterocycles. The van der Waals surface area contributed by atoms with Crippen molar-refractivity contribution in [3.05, 3.63) is 28.2 Å². The number of rotatable bonds is 7. The fourth-order valence-corrected chi connectivity index (χ4v) is 1.90. The van der Waals surface area contributed by atoms with Gasteiger partial charge in [0.1, 0.15) is 5.75 Å². The number of ether oxygens (including phenoxy) is 1. The molecule has 0 saturated carbocycles. The molecular formula is C13H18BrF2NO2. The minimum absolute atomic E-state index is 0.143. The van der Waals surface area contributed by atoms with Crippen LogP contribution in [0, 0.1) is 5.92 Å². The first kappa shape index (κ1) is 16.3. The number of alkyl halides is 2. The summed E-state index contributed by atoms with van der Waals surface area (Å²) in [6, 6.07) is 4.85. The highest BCUT2D eigenvalue weighted by molar-refractivity contribution is 9.10.